The highest BCUT2D eigenvalue weighted by molar-refractivity contribution is 5.97. The van der Waals surface area contributed by atoms with Gasteiger partial charge < -0.3 is 15.3 Å². The number of halogens is 1. The smallest absolute Gasteiger partial charge is 0.257 e. The molecule has 1 saturated heterocycles. The van der Waals surface area contributed by atoms with Gasteiger partial charge in [-0.15, -0.1) is 12.4 Å². The van der Waals surface area contributed by atoms with Gasteiger partial charge in [-0.2, -0.15) is 0 Å². The first kappa shape index (κ1) is 17.1. The molecule has 0 spiro atoms. The second-order valence-corrected chi connectivity index (χ2v) is 6.44. The van der Waals surface area contributed by atoms with E-state index < -0.39 is 0 Å². The molecule has 1 saturated carbocycles. The number of phenols is 1. The van der Waals surface area contributed by atoms with E-state index in [-0.39, 0.29) is 24.1 Å². The van der Waals surface area contributed by atoms with Gasteiger partial charge >= 0.3 is 0 Å². The number of likely N-dealkylation sites (tertiary alicyclic amines) is 1. The highest BCUT2D eigenvalue weighted by Crippen LogP contribution is 2.28. The number of nitrogens with one attached hydrogen (secondary N) is 1. The van der Waals surface area contributed by atoms with Crippen molar-refractivity contribution in [3.05, 3.63) is 29.3 Å². The van der Waals surface area contributed by atoms with Crippen molar-refractivity contribution in [1.82, 2.24) is 10.2 Å². The molecule has 0 atom stereocenters. The van der Waals surface area contributed by atoms with E-state index >= 15 is 0 Å². The molecule has 4 nitrogen and oxygen atoms in total. The lowest BCUT2D eigenvalue weighted by Crippen LogP contribution is -2.45. The molecule has 2 fully saturated rings. The maximum atomic E-state index is 12.5. The van der Waals surface area contributed by atoms with Crippen LogP contribution in [-0.4, -0.2) is 41.6 Å². The van der Waals surface area contributed by atoms with Crippen molar-refractivity contribution in [2.45, 2.75) is 38.6 Å². The van der Waals surface area contributed by atoms with Crippen LogP contribution in [0.5, 0.6) is 5.75 Å². The highest BCUT2D eigenvalue weighted by atomic mass is 35.5. The standard InChI is InChI=1S/C17H24N2O2.ClH/c1-12-2-5-16(20)15(10-12)17(21)19-8-6-14(7-9-19)18-11-13-3-4-13;/h2,5,10,13-14,18,20H,3-4,6-9,11H2,1H3;1H. The summed E-state index contributed by atoms with van der Waals surface area (Å²) < 4.78 is 0. The molecule has 0 aromatic heterocycles. The van der Waals surface area contributed by atoms with Crippen LogP contribution in [0, 0.1) is 12.8 Å². The predicted octanol–water partition coefficient (Wildman–Crippen LogP) is 2.73. The summed E-state index contributed by atoms with van der Waals surface area (Å²) in [5.74, 6) is 0.935. The first-order valence-electron chi connectivity index (χ1n) is 7.96. The molecule has 5 heteroatoms. The van der Waals surface area contributed by atoms with Crippen LogP contribution in [0.3, 0.4) is 0 Å². The van der Waals surface area contributed by atoms with E-state index in [0.29, 0.717) is 11.6 Å². The topological polar surface area (TPSA) is 52.6 Å². The number of amides is 1. The molecule has 0 unspecified atom stereocenters. The highest BCUT2D eigenvalue weighted by Gasteiger charge is 2.27. The minimum atomic E-state index is -0.0446. The Labute approximate surface area is 138 Å². The van der Waals surface area contributed by atoms with E-state index in [1.165, 1.54) is 12.8 Å². The lowest BCUT2D eigenvalue weighted by Gasteiger charge is -2.32. The minimum absolute atomic E-state index is 0. The third kappa shape index (κ3) is 4.14. The van der Waals surface area contributed by atoms with Crippen LogP contribution >= 0.6 is 12.4 Å². The van der Waals surface area contributed by atoms with E-state index in [1.807, 2.05) is 17.9 Å². The Hall–Kier alpha value is -1.26. The van der Waals surface area contributed by atoms with Crippen molar-refractivity contribution in [2.24, 2.45) is 5.92 Å². The van der Waals surface area contributed by atoms with Crippen LogP contribution in [0.15, 0.2) is 18.2 Å². The van der Waals surface area contributed by atoms with Gasteiger partial charge in [0.1, 0.15) is 5.75 Å². The zero-order valence-corrected chi connectivity index (χ0v) is 13.9. The minimum Gasteiger partial charge on any atom is -0.507 e. The summed E-state index contributed by atoms with van der Waals surface area (Å²) in [6.45, 7) is 4.62. The fraction of sp³-hybridized carbons (Fsp3) is 0.588. The Morgan fingerprint density at radius 1 is 1.27 bits per heavy atom. The molecular formula is C17H25ClN2O2. The normalized spacial score (nSPS) is 18.9. The van der Waals surface area contributed by atoms with Crippen LogP contribution in [0.4, 0.5) is 0 Å². The number of carbonyl (C=O) groups is 1. The molecular weight excluding hydrogens is 300 g/mol. The molecule has 1 heterocycles. The molecule has 1 aromatic carbocycles. The number of benzene rings is 1. The first-order chi connectivity index (χ1) is 10.1. The van der Waals surface area contributed by atoms with Gasteiger partial charge in [-0.25, -0.2) is 0 Å². The van der Waals surface area contributed by atoms with E-state index in [0.717, 1.165) is 44.0 Å². The van der Waals surface area contributed by atoms with Gasteiger partial charge in [0, 0.05) is 19.1 Å². The van der Waals surface area contributed by atoms with Crippen LogP contribution in [0.2, 0.25) is 0 Å². The van der Waals surface area contributed by atoms with Crippen molar-refractivity contribution >= 4 is 18.3 Å². The number of carbonyl (C=O) groups excluding carboxylic acids is 1. The Kier molecular flexibility index (Phi) is 5.70. The summed E-state index contributed by atoms with van der Waals surface area (Å²) >= 11 is 0. The zero-order chi connectivity index (χ0) is 14.8. The van der Waals surface area contributed by atoms with E-state index in [4.69, 9.17) is 0 Å². The lowest BCUT2D eigenvalue weighted by molar-refractivity contribution is 0.0702. The number of rotatable bonds is 4. The quantitative estimate of drug-likeness (QED) is 0.895. The summed E-state index contributed by atoms with van der Waals surface area (Å²) in [4.78, 5) is 14.4. The molecule has 1 amide bonds. The van der Waals surface area contributed by atoms with Gasteiger partial charge in [-0.05, 0) is 57.2 Å². The van der Waals surface area contributed by atoms with E-state index in [1.54, 1.807) is 12.1 Å². The summed E-state index contributed by atoms with van der Waals surface area (Å²) in [7, 11) is 0. The largest absolute Gasteiger partial charge is 0.507 e. The van der Waals surface area contributed by atoms with E-state index in [2.05, 4.69) is 5.32 Å². The summed E-state index contributed by atoms with van der Waals surface area (Å²) in [6.07, 6.45) is 4.75. The van der Waals surface area contributed by atoms with Gasteiger partial charge in [0.25, 0.3) is 5.91 Å². The Bertz CT molecular complexity index is 523. The first-order valence-corrected chi connectivity index (χ1v) is 7.96. The second kappa shape index (κ2) is 7.34. The molecule has 122 valence electrons. The molecule has 0 bridgehead atoms. The van der Waals surface area contributed by atoms with Crippen LogP contribution in [0.25, 0.3) is 0 Å². The van der Waals surface area contributed by atoms with Crippen LogP contribution in [-0.2, 0) is 0 Å². The average Bonchev–Trinajstić information content (AvgIpc) is 3.32. The number of phenolic OH excluding ortho intramolecular Hbond substituents is 1. The number of nitrogens with zero attached hydrogens (tertiary/aromatic N) is 1. The molecule has 1 aliphatic carbocycles. The number of hydrogen-bond donors (Lipinski definition) is 2. The zero-order valence-electron chi connectivity index (χ0n) is 13.0. The Morgan fingerprint density at radius 3 is 2.59 bits per heavy atom. The molecule has 0 radical (unpaired) electrons. The van der Waals surface area contributed by atoms with Crippen molar-refractivity contribution in [3.8, 4) is 5.75 Å². The third-order valence-corrected chi connectivity index (χ3v) is 4.56. The van der Waals surface area contributed by atoms with Crippen molar-refractivity contribution in [3.63, 3.8) is 0 Å². The Morgan fingerprint density at radius 2 is 1.95 bits per heavy atom. The van der Waals surface area contributed by atoms with Gasteiger partial charge in [0.15, 0.2) is 0 Å². The molecule has 1 aliphatic heterocycles. The molecule has 1 aromatic rings. The second-order valence-electron chi connectivity index (χ2n) is 6.44. The molecule has 3 rings (SSSR count). The van der Waals surface area contributed by atoms with Crippen LogP contribution in [0.1, 0.15) is 41.6 Å². The summed E-state index contributed by atoms with van der Waals surface area (Å²) in [5.41, 5.74) is 1.43. The SMILES string of the molecule is Cc1ccc(O)c(C(=O)N2CCC(NCC3CC3)CC2)c1.Cl. The fourth-order valence-corrected chi connectivity index (χ4v) is 2.93. The molecule has 22 heavy (non-hydrogen) atoms. The molecule has 2 aliphatic rings. The Balaban J connectivity index is 0.00000176. The van der Waals surface area contributed by atoms with Crippen molar-refractivity contribution in [2.75, 3.05) is 19.6 Å². The van der Waals surface area contributed by atoms with Crippen molar-refractivity contribution < 1.29 is 9.90 Å². The van der Waals surface area contributed by atoms with Crippen LogP contribution < -0.4 is 5.32 Å². The van der Waals surface area contributed by atoms with Gasteiger partial charge in [0.05, 0.1) is 5.56 Å². The van der Waals surface area contributed by atoms with Gasteiger partial charge in [-0.1, -0.05) is 11.6 Å². The van der Waals surface area contributed by atoms with Gasteiger partial charge in [0.2, 0.25) is 0 Å². The number of hydrogen-bond acceptors (Lipinski definition) is 3. The number of piperidine rings is 1. The van der Waals surface area contributed by atoms with Gasteiger partial charge in [-0.3, -0.25) is 4.79 Å². The average molecular weight is 325 g/mol. The third-order valence-electron chi connectivity index (χ3n) is 4.56. The van der Waals surface area contributed by atoms with E-state index in [9.17, 15) is 9.90 Å². The van der Waals surface area contributed by atoms with Crippen molar-refractivity contribution in [1.29, 1.82) is 0 Å². The number of aryl methyl sites for hydroxylation is 1. The summed E-state index contributed by atoms with van der Waals surface area (Å²) in [5, 5.41) is 13.5. The lowest BCUT2D eigenvalue weighted by atomic mass is 10.0. The maximum Gasteiger partial charge on any atom is 0.257 e. The summed E-state index contributed by atoms with van der Waals surface area (Å²) in [6, 6.07) is 5.74. The predicted molar refractivity (Wildman–Crippen MR) is 89.7 cm³/mol. The number of aromatic hydroxyl groups is 1. The molecule has 2 N–H and O–H groups in total. The maximum absolute atomic E-state index is 12.5. The monoisotopic (exact) mass is 324 g/mol. The fourth-order valence-electron chi connectivity index (χ4n) is 2.93.